The summed E-state index contributed by atoms with van der Waals surface area (Å²) in [4.78, 5) is 15.8. The highest BCUT2D eigenvalue weighted by atomic mass is 32.1. The van der Waals surface area contributed by atoms with Crippen LogP contribution < -0.4 is 9.47 Å². The van der Waals surface area contributed by atoms with Crippen molar-refractivity contribution in [1.29, 1.82) is 0 Å². The zero-order valence-electron chi connectivity index (χ0n) is 15.3. The van der Waals surface area contributed by atoms with E-state index >= 15 is 0 Å². The molecule has 5 nitrogen and oxygen atoms in total. The Labute approximate surface area is 162 Å². The first-order valence-electron chi connectivity index (χ1n) is 8.72. The van der Waals surface area contributed by atoms with Crippen LogP contribution in [0.2, 0.25) is 0 Å². The standard InChI is InChI=1S/C21H21NO4S/c1-3-15-7-9-17(10-8-15)25-11-12-26-18-6-4-5-16(13-18)20-22-14(2)19(27-20)21(23)24/h4-10,13H,3,11-12H2,1-2H3,(H,23,24). The van der Waals surface area contributed by atoms with Crippen LogP contribution in [0.1, 0.15) is 27.9 Å². The molecule has 1 N–H and O–H groups in total. The van der Waals surface area contributed by atoms with E-state index < -0.39 is 5.97 Å². The van der Waals surface area contributed by atoms with E-state index in [1.54, 1.807) is 6.92 Å². The van der Waals surface area contributed by atoms with Crippen LogP contribution >= 0.6 is 11.3 Å². The van der Waals surface area contributed by atoms with Gasteiger partial charge >= 0.3 is 5.97 Å². The van der Waals surface area contributed by atoms with Crippen LogP contribution in [0.25, 0.3) is 10.6 Å². The third-order valence-corrected chi connectivity index (χ3v) is 5.22. The second-order valence-corrected chi connectivity index (χ2v) is 6.96. The zero-order chi connectivity index (χ0) is 19.2. The Morgan fingerprint density at radius 1 is 1.07 bits per heavy atom. The van der Waals surface area contributed by atoms with Crippen LogP contribution in [-0.2, 0) is 6.42 Å². The van der Waals surface area contributed by atoms with Crippen molar-refractivity contribution in [2.24, 2.45) is 0 Å². The maximum absolute atomic E-state index is 11.2. The molecule has 3 aromatic rings. The minimum absolute atomic E-state index is 0.263. The van der Waals surface area contributed by atoms with E-state index in [4.69, 9.17) is 9.47 Å². The monoisotopic (exact) mass is 383 g/mol. The highest BCUT2D eigenvalue weighted by molar-refractivity contribution is 7.17. The molecule has 0 amide bonds. The predicted molar refractivity (Wildman–Crippen MR) is 106 cm³/mol. The molecule has 0 aliphatic rings. The Balaban J connectivity index is 1.57. The van der Waals surface area contributed by atoms with E-state index in [2.05, 4.69) is 24.0 Å². The predicted octanol–water partition coefficient (Wildman–Crippen LogP) is 4.84. The average Bonchev–Trinajstić information content (AvgIpc) is 3.08. The Morgan fingerprint density at radius 2 is 1.78 bits per heavy atom. The van der Waals surface area contributed by atoms with Gasteiger partial charge in [-0.3, -0.25) is 0 Å². The SMILES string of the molecule is CCc1ccc(OCCOc2cccc(-c3nc(C)c(C(=O)O)s3)c2)cc1. The number of aromatic nitrogens is 1. The number of thiazole rings is 1. The van der Waals surface area contributed by atoms with Gasteiger partial charge < -0.3 is 14.6 Å². The van der Waals surface area contributed by atoms with Gasteiger partial charge in [0.25, 0.3) is 0 Å². The summed E-state index contributed by atoms with van der Waals surface area (Å²) in [5.41, 5.74) is 2.64. The third kappa shape index (κ3) is 4.86. The molecule has 0 radical (unpaired) electrons. The van der Waals surface area contributed by atoms with Crippen molar-refractivity contribution in [2.75, 3.05) is 13.2 Å². The minimum atomic E-state index is -0.951. The van der Waals surface area contributed by atoms with Crippen molar-refractivity contribution in [3.05, 3.63) is 64.7 Å². The second kappa shape index (κ2) is 8.68. The number of hydrogen-bond donors (Lipinski definition) is 1. The van der Waals surface area contributed by atoms with E-state index in [0.717, 1.165) is 17.7 Å². The van der Waals surface area contributed by atoms with Gasteiger partial charge in [-0.1, -0.05) is 31.2 Å². The summed E-state index contributed by atoms with van der Waals surface area (Å²) in [5.74, 6) is 0.568. The van der Waals surface area contributed by atoms with Gasteiger partial charge in [-0.15, -0.1) is 11.3 Å². The van der Waals surface area contributed by atoms with Crippen LogP contribution in [-0.4, -0.2) is 29.3 Å². The molecule has 6 heteroatoms. The number of benzene rings is 2. The minimum Gasteiger partial charge on any atom is -0.490 e. The molecule has 0 atom stereocenters. The summed E-state index contributed by atoms with van der Waals surface area (Å²) in [5, 5.41) is 9.85. The van der Waals surface area contributed by atoms with E-state index in [1.807, 2.05) is 36.4 Å². The molecule has 0 saturated heterocycles. The number of carboxylic acids is 1. The molecule has 27 heavy (non-hydrogen) atoms. The molecule has 0 saturated carbocycles. The number of nitrogens with zero attached hydrogens (tertiary/aromatic N) is 1. The fourth-order valence-corrected chi connectivity index (χ4v) is 3.48. The van der Waals surface area contributed by atoms with Crippen molar-refractivity contribution in [3.8, 4) is 22.1 Å². The van der Waals surface area contributed by atoms with E-state index in [9.17, 15) is 9.90 Å². The normalized spacial score (nSPS) is 10.6. The maximum Gasteiger partial charge on any atom is 0.347 e. The lowest BCUT2D eigenvalue weighted by atomic mass is 10.2. The molecule has 2 aromatic carbocycles. The summed E-state index contributed by atoms with van der Waals surface area (Å²) >= 11 is 1.17. The highest BCUT2D eigenvalue weighted by Crippen LogP contribution is 2.30. The van der Waals surface area contributed by atoms with Crippen LogP contribution in [0, 0.1) is 6.92 Å². The number of aryl methyl sites for hydroxylation is 2. The molecule has 0 aliphatic heterocycles. The van der Waals surface area contributed by atoms with E-state index in [0.29, 0.717) is 29.7 Å². The van der Waals surface area contributed by atoms with Gasteiger partial charge in [-0.25, -0.2) is 9.78 Å². The van der Waals surface area contributed by atoms with Crippen molar-refractivity contribution in [3.63, 3.8) is 0 Å². The molecule has 0 fully saturated rings. The molecule has 0 aliphatic carbocycles. The van der Waals surface area contributed by atoms with Gasteiger partial charge in [-0.2, -0.15) is 0 Å². The van der Waals surface area contributed by atoms with Crippen molar-refractivity contribution in [1.82, 2.24) is 4.98 Å². The fraction of sp³-hybridized carbons (Fsp3) is 0.238. The molecule has 1 heterocycles. The maximum atomic E-state index is 11.2. The first kappa shape index (κ1) is 18.9. The summed E-state index contributed by atoms with van der Waals surface area (Å²) in [6, 6.07) is 15.5. The van der Waals surface area contributed by atoms with Gasteiger partial charge in [0.05, 0.1) is 5.69 Å². The number of rotatable bonds is 8. The lowest BCUT2D eigenvalue weighted by molar-refractivity contribution is 0.0701. The Morgan fingerprint density at radius 3 is 2.41 bits per heavy atom. The number of hydrogen-bond acceptors (Lipinski definition) is 5. The lowest BCUT2D eigenvalue weighted by Crippen LogP contribution is -2.09. The third-order valence-electron chi connectivity index (χ3n) is 4.02. The Bertz CT molecular complexity index is 918. The van der Waals surface area contributed by atoms with Gasteiger partial charge in [0.2, 0.25) is 0 Å². The highest BCUT2D eigenvalue weighted by Gasteiger charge is 2.15. The molecule has 0 spiro atoms. The fourth-order valence-electron chi connectivity index (χ4n) is 2.58. The van der Waals surface area contributed by atoms with E-state index in [1.165, 1.54) is 16.9 Å². The van der Waals surface area contributed by atoms with Crippen LogP contribution in [0.4, 0.5) is 0 Å². The van der Waals surface area contributed by atoms with Gasteiger partial charge in [0.1, 0.15) is 34.6 Å². The van der Waals surface area contributed by atoms with Gasteiger partial charge in [0, 0.05) is 5.56 Å². The first-order valence-corrected chi connectivity index (χ1v) is 9.54. The Hall–Kier alpha value is -2.86. The van der Waals surface area contributed by atoms with Crippen LogP contribution in [0.15, 0.2) is 48.5 Å². The smallest absolute Gasteiger partial charge is 0.347 e. The topological polar surface area (TPSA) is 68.7 Å². The summed E-state index contributed by atoms with van der Waals surface area (Å²) in [7, 11) is 0. The van der Waals surface area contributed by atoms with Crippen LogP contribution in [0.5, 0.6) is 11.5 Å². The summed E-state index contributed by atoms with van der Waals surface area (Å²) in [6.07, 6.45) is 1.01. The number of carbonyl (C=O) groups is 1. The van der Waals surface area contributed by atoms with Gasteiger partial charge in [0.15, 0.2) is 0 Å². The molecule has 140 valence electrons. The van der Waals surface area contributed by atoms with Gasteiger partial charge in [-0.05, 0) is 43.2 Å². The number of carboxylic acid groups (broad SMARTS) is 1. The van der Waals surface area contributed by atoms with Crippen molar-refractivity contribution < 1.29 is 19.4 Å². The summed E-state index contributed by atoms with van der Waals surface area (Å²) in [6.45, 7) is 4.67. The number of ether oxygens (including phenoxy) is 2. The lowest BCUT2D eigenvalue weighted by Gasteiger charge is -2.09. The molecule has 1 aromatic heterocycles. The summed E-state index contributed by atoms with van der Waals surface area (Å²) < 4.78 is 11.4. The van der Waals surface area contributed by atoms with E-state index in [-0.39, 0.29) is 4.88 Å². The number of aromatic carboxylic acids is 1. The quantitative estimate of drug-likeness (QED) is 0.564. The second-order valence-electron chi connectivity index (χ2n) is 5.96. The average molecular weight is 383 g/mol. The molecule has 0 unspecified atom stereocenters. The molecule has 3 rings (SSSR count). The zero-order valence-corrected chi connectivity index (χ0v) is 16.1. The first-order chi connectivity index (χ1) is 13.1. The molecular weight excluding hydrogens is 362 g/mol. The molecule has 0 bridgehead atoms. The largest absolute Gasteiger partial charge is 0.490 e. The van der Waals surface area contributed by atoms with Crippen molar-refractivity contribution in [2.45, 2.75) is 20.3 Å². The van der Waals surface area contributed by atoms with Crippen molar-refractivity contribution >= 4 is 17.3 Å². The van der Waals surface area contributed by atoms with Crippen LogP contribution in [0.3, 0.4) is 0 Å². The Kier molecular flexibility index (Phi) is 6.08. The molecular formula is C21H21NO4S.